The third-order valence-electron chi connectivity index (χ3n) is 10.7. The quantitative estimate of drug-likeness (QED) is 0.172. The minimum atomic E-state index is 0.793. The van der Waals surface area contributed by atoms with Crippen molar-refractivity contribution >= 4 is 43.7 Å². The third kappa shape index (κ3) is 5.19. The van der Waals surface area contributed by atoms with Crippen LogP contribution in [0.4, 0.5) is 0 Å². The molecule has 6 nitrogen and oxygen atoms in total. The van der Waals surface area contributed by atoms with Crippen LogP contribution in [0.3, 0.4) is 0 Å². The van der Waals surface area contributed by atoms with Crippen molar-refractivity contribution in [3.8, 4) is 56.4 Å². The number of hydrogen-bond acceptors (Lipinski definition) is 4. The van der Waals surface area contributed by atoms with Crippen molar-refractivity contribution < 1.29 is 0 Å². The molecule has 0 N–H and O–H groups in total. The van der Waals surface area contributed by atoms with Crippen molar-refractivity contribution in [1.29, 1.82) is 0 Å². The summed E-state index contributed by atoms with van der Waals surface area (Å²) in [7, 11) is 0. The van der Waals surface area contributed by atoms with E-state index in [9.17, 15) is 0 Å². The smallest absolute Gasteiger partial charge is 0.0963 e. The molecule has 0 saturated carbocycles. The lowest BCUT2D eigenvalue weighted by Crippen LogP contribution is -1.97. The van der Waals surface area contributed by atoms with Gasteiger partial charge in [0.1, 0.15) is 0 Å². The summed E-state index contributed by atoms with van der Waals surface area (Å²) >= 11 is 0. The largest absolute Gasteiger partial charge is 0.309 e. The summed E-state index contributed by atoms with van der Waals surface area (Å²) < 4.78 is 4.75. The van der Waals surface area contributed by atoms with Crippen LogP contribution in [0.2, 0.25) is 0 Å². The Morgan fingerprint density at radius 3 is 1.80 bits per heavy atom. The molecule has 0 fully saturated rings. The zero-order valence-corrected chi connectivity index (χ0v) is 30.2. The van der Waals surface area contributed by atoms with Gasteiger partial charge in [-0.3, -0.25) is 15.0 Å². The van der Waals surface area contributed by atoms with E-state index in [1.807, 2.05) is 48.7 Å². The zero-order chi connectivity index (χ0) is 37.0. The average molecular weight is 717 g/mol. The van der Waals surface area contributed by atoms with Gasteiger partial charge in [0.15, 0.2) is 0 Å². The molecule has 0 bridgehead atoms. The summed E-state index contributed by atoms with van der Waals surface area (Å²) in [4.78, 5) is 19.2. The molecule has 56 heavy (non-hydrogen) atoms. The second-order valence-corrected chi connectivity index (χ2v) is 13.9. The number of para-hydroxylation sites is 3. The maximum absolute atomic E-state index is 5.01. The molecular formula is C50H32N6. The lowest BCUT2D eigenvalue weighted by molar-refractivity contribution is 1.17. The van der Waals surface area contributed by atoms with Crippen LogP contribution < -0.4 is 0 Å². The second kappa shape index (κ2) is 13.0. The molecule has 0 saturated heterocycles. The van der Waals surface area contributed by atoms with E-state index in [4.69, 9.17) is 9.97 Å². The van der Waals surface area contributed by atoms with E-state index in [0.29, 0.717) is 0 Å². The standard InChI is InChI=1S/C50H32N6/c1-2-14-36(15-3-1)56-46-22-5-4-17-39(46)40-19-11-18-38(50(40)56)34-24-25-41-48(32-34)55(47-23-12-28-53-49(41)47)37-16-10-13-33(29-37)35-30-44(42-20-6-8-26-51-42)54-45(31-35)43-21-7-9-27-52-43/h1-32H. The maximum Gasteiger partial charge on any atom is 0.0963 e. The van der Waals surface area contributed by atoms with Crippen molar-refractivity contribution in [3.05, 3.63) is 195 Å². The van der Waals surface area contributed by atoms with Gasteiger partial charge in [-0.1, -0.05) is 84.9 Å². The van der Waals surface area contributed by atoms with E-state index in [1.165, 1.54) is 27.4 Å². The highest BCUT2D eigenvalue weighted by atomic mass is 15.0. The molecule has 0 atom stereocenters. The lowest BCUT2D eigenvalue weighted by Gasteiger charge is -2.14. The molecule has 11 aromatic rings. The van der Waals surface area contributed by atoms with Gasteiger partial charge in [0.25, 0.3) is 0 Å². The molecule has 5 aromatic carbocycles. The van der Waals surface area contributed by atoms with Gasteiger partial charge >= 0.3 is 0 Å². The normalized spacial score (nSPS) is 11.6. The Bertz CT molecular complexity index is 3180. The first-order valence-corrected chi connectivity index (χ1v) is 18.7. The van der Waals surface area contributed by atoms with Crippen LogP contribution in [0.15, 0.2) is 195 Å². The van der Waals surface area contributed by atoms with Gasteiger partial charge in [0.05, 0.1) is 50.4 Å². The molecule has 0 unspecified atom stereocenters. The van der Waals surface area contributed by atoms with Crippen LogP contribution in [-0.4, -0.2) is 29.1 Å². The number of hydrogen-bond donors (Lipinski definition) is 0. The van der Waals surface area contributed by atoms with Crippen LogP contribution in [0.25, 0.3) is 100 Å². The molecule has 0 spiro atoms. The second-order valence-electron chi connectivity index (χ2n) is 13.9. The van der Waals surface area contributed by atoms with E-state index in [-0.39, 0.29) is 0 Å². The first-order valence-electron chi connectivity index (χ1n) is 18.7. The van der Waals surface area contributed by atoms with Crippen molar-refractivity contribution in [2.24, 2.45) is 0 Å². The number of rotatable bonds is 6. The van der Waals surface area contributed by atoms with Gasteiger partial charge < -0.3 is 9.13 Å². The number of fused-ring (bicyclic) bond motifs is 6. The predicted octanol–water partition coefficient (Wildman–Crippen LogP) is 12.1. The summed E-state index contributed by atoms with van der Waals surface area (Å²) in [6.45, 7) is 0. The molecule has 0 radical (unpaired) electrons. The Morgan fingerprint density at radius 1 is 0.339 bits per heavy atom. The van der Waals surface area contributed by atoms with E-state index in [2.05, 4.69) is 153 Å². The molecule has 11 rings (SSSR count). The van der Waals surface area contributed by atoms with Gasteiger partial charge in [-0.15, -0.1) is 0 Å². The Hall–Kier alpha value is -7.70. The monoisotopic (exact) mass is 716 g/mol. The Balaban J connectivity index is 1.12. The summed E-state index contributed by atoms with van der Waals surface area (Å²) in [6, 6.07) is 61.7. The highest BCUT2D eigenvalue weighted by molar-refractivity contribution is 6.15. The van der Waals surface area contributed by atoms with E-state index >= 15 is 0 Å². The topological polar surface area (TPSA) is 61.4 Å². The van der Waals surface area contributed by atoms with Crippen molar-refractivity contribution in [2.45, 2.75) is 0 Å². The Morgan fingerprint density at radius 2 is 1.02 bits per heavy atom. The molecule has 0 aliphatic rings. The van der Waals surface area contributed by atoms with Crippen LogP contribution in [0.5, 0.6) is 0 Å². The average Bonchev–Trinajstić information content (AvgIpc) is 3.80. The number of benzene rings is 5. The summed E-state index contributed by atoms with van der Waals surface area (Å²) in [5.41, 5.74) is 15.3. The lowest BCUT2D eigenvalue weighted by atomic mass is 10.0. The van der Waals surface area contributed by atoms with Crippen molar-refractivity contribution in [1.82, 2.24) is 29.1 Å². The summed E-state index contributed by atoms with van der Waals surface area (Å²) in [6.07, 6.45) is 5.48. The van der Waals surface area contributed by atoms with Crippen LogP contribution >= 0.6 is 0 Å². The number of nitrogens with zero attached hydrogens (tertiary/aromatic N) is 6. The van der Waals surface area contributed by atoms with E-state index < -0.39 is 0 Å². The molecular weight excluding hydrogens is 685 g/mol. The fraction of sp³-hybridized carbons (Fsp3) is 0. The highest BCUT2D eigenvalue weighted by Gasteiger charge is 2.19. The number of pyridine rings is 4. The summed E-state index contributed by atoms with van der Waals surface area (Å²) in [5, 5.41) is 3.56. The molecule has 0 aliphatic carbocycles. The molecule has 262 valence electrons. The Kier molecular flexibility index (Phi) is 7.38. The molecule has 0 aliphatic heterocycles. The first kappa shape index (κ1) is 31.8. The zero-order valence-electron chi connectivity index (χ0n) is 30.2. The third-order valence-corrected chi connectivity index (χ3v) is 10.7. The molecule has 6 aromatic heterocycles. The van der Waals surface area contributed by atoms with Crippen molar-refractivity contribution in [2.75, 3.05) is 0 Å². The van der Waals surface area contributed by atoms with Crippen LogP contribution in [0, 0.1) is 0 Å². The van der Waals surface area contributed by atoms with Gasteiger partial charge in [-0.05, 0) is 108 Å². The van der Waals surface area contributed by atoms with Gasteiger partial charge in [0.2, 0.25) is 0 Å². The molecule has 6 heteroatoms. The Labute approximate surface area is 322 Å². The van der Waals surface area contributed by atoms with Gasteiger partial charge in [-0.2, -0.15) is 0 Å². The van der Waals surface area contributed by atoms with Crippen molar-refractivity contribution in [3.63, 3.8) is 0 Å². The van der Waals surface area contributed by atoms with Crippen LogP contribution in [0.1, 0.15) is 0 Å². The SMILES string of the molecule is c1ccc(-n2c3ccccc3c3cccc(-c4ccc5c6ncccc6n(-c6cccc(-c7cc(-c8ccccn8)nc(-c8ccccn8)c7)c6)c5c4)c32)cc1. The van der Waals surface area contributed by atoms with E-state index in [1.54, 1.807) is 12.4 Å². The van der Waals surface area contributed by atoms with Gasteiger partial charge in [-0.25, -0.2) is 4.98 Å². The fourth-order valence-corrected chi connectivity index (χ4v) is 8.19. The minimum absolute atomic E-state index is 0.793. The summed E-state index contributed by atoms with van der Waals surface area (Å²) in [5.74, 6) is 0. The van der Waals surface area contributed by atoms with Crippen LogP contribution in [-0.2, 0) is 0 Å². The molecule has 6 heterocycles. The fourth-order valence-electron chi connectivity index (χ4n) is 8.19. The van der Waals surface area contributed by atoms with E-state index in [0.717, 1.165) is 72.8 Å². The maximum atomic E-state index is 5.01. The molecule has 0 amide bonds. The highest BCUT2D eigenvalue weighted by Crippen LogP contribution is 2.41. The van der Waals surface area contributed by atoms with Gasteiger partial charge in [0, 0.05) is 51.7 Å². The minimum Gasteiger partial charge on any atom is -0.309 e. The predicted molar refractivity (Wildman–Crippen MR) is 228 cm³/mol. The first-order chi connectivity index (χ1) is 27.8. The number of aromatic nitrogens is 6.